The third kappa shape index (κ3) is 2.29. The first-order valence-electron chi connectivity index (χ1n) is 5.95. The first-order valence-corrected chi connectivity index (χ1v) is 6.38. The maximum atomic E-state index is 6.33. The number of halogens is 1. The van der Waals surface area contributed by atoms with Crippen LogP contribution in [0.1, 0.15) is 37.9 Å². The van der Waals surface area contributed by atoms with E-state index in [1.165, 1.54) is 5.56 Å². The number of aromatic nitrogens is 3. The Kier molecular flexibility index (Phi) is 3.38. The average molecular weight is 252 g/mol. The number of aryl methyl sites for hydroxylation is 1. The van der Waals surface area contributed by atoms with Crippen molar-refractivity contribution >= 4 is 17.2 Å². The molecular weight excluding hydrogens is 234 g/mol. The van der Waals surface area contributed by atoms with Gasteiger partial charge in [-0.25, -0.2) is 9.50 Å². The third-order valence-electron chi connectivity index (χ3n) is 3.11. The van der Waals surface area contributed by atoms with Crippen LogP contribution in [0.2, 0.25) is 0 Å². The van der Waals surface area contributed by atoms with Crippen LogP contribution >= 0.6 is 11.6 Å². The zero-order valence-corrected chi connectivity index (χ0v) is 11.4. The topological polar surface area (TPSA) is 30.2 Å². The molecule has 0 saturated heterocycles. The number of hydrogen-bond donors (Lipinski definition) is 0. The highest BCUT2D eigenvalue weighted by atomic mass is 35.5. The Hall–Kier alpha value is -1.09. The van der Waals surface area contributed by atoms with Gasteiger partial charge in [-0.05, 0) is 37.5 Å². The third-order valence-corrected chi connectivity index (χ3v) is 3.38. The normalized spacial score (nSPS) is 15.4. The SMILES string of the molecule is Cc1cc(C(C(C)C)C(C)Cl)n2ncnc2c1. The smallest absolute Gasteiger partial charge is 0.155 e. The van der Waals surface area contributed by atoms with E-state index in [0.717, 1.165) is 11.3 Å². The van der Waals surface area contributed by atoms with Crippen LogP contribution in [0, 0.1) is 12.8 Å². The van der Waals surface area contributed by atoms with Crippen LogP contribution in [0.5, 0.6) is 0 Å². The van der Waals surface area contributed by atoms with E-state index in [9.17, 15) is 0 Å². The minimum Gasteiger partial charge on any atom is -0.218 e. The highest BCUT2D eigenvalue weighted by Gasteiger charge is 2.24. The summed E-state index contributed by atoms with van der Waals surface area (Å²) in [6.07, 6.45) is 1.59. The first kappa shape index (κ1) is 12.4. The van der Waals surface area contributed by atoms with Crippen LogP contribution in [0.25, 0.3) is 5.65 Å². The van der Waals surface area contributed by atoms with Crippen LogP contribution in [-0.4, -0.2) is 20.0 Å². The molecule has 2 rings (SSSR count). The van der Waals surface area contributed by atoms with Crippen molar-refractivity contribution in [1.29, 1.82) is 0 Å². The van der Waals surface area contributed by atoms with Crippen molar-refractivity contribution in [3.8, 4) is 0 Å². The van der Waals surface area contributed by atoms with E-state index in [1.54, 1.807) is 6.33 Å². The molecule has 2 aromatic rings. The van der Waals surface area contributed by atoms with Gasteiger partial charge in [-0.3, -0.25) is 0 Å². The van der Waals surface area contributed by atoms with Crippen molar-refractivity contribution in [3.05, 3.63) is 29.7 Å². The summed E-state index contributed by atoms with van der Waals surface area (Å²) in [5.74, 6) is 0.748. The summed E-state index contributed by atoms with van der Waals surface area (Å²) in [6, 6.07) is 4.19. The first-order chi connectivity index (χ1) is 8.00. The fraction of sp³-hybridized carbons (Fsp3) is 0.538. The van der Waals surface area contributed by atoms with Gasteiger partial charge in [0.1, 0.15) is 6.33 Å². The summed E-state index contributed by atoms with van der Waals surface area (Å²) < 4.78 is 1.90. The molecule has 4 heteroatoms. The zero-order valence-electron chi connectivity index (χ0n) is 10.7. The lowest BCUT2D eigenvalue weighted by Crippen LogP contribution is -2.19. The second-order valence-electron chi connectivity index (χ2n) is 4.93. The van der Waals surface area contributed by atoms with Crippen molar-refractivity contribution in [2.24, 2.45) is 5.92 Å². The molecule has 0 saturated carbocycles. The summed E-state index contributed by atoms with van der Waals surface area (Å²) in [5, 5.41) is 4.37. The van der Waals surface area contributed by atoms with E-state index in [2.05, 4.69) is 36.9 Å². The lowest BCUT2D eigenvalue weighted by Gasteiger charge is -2.24. The van der Waals surface area contributed by atoms with E-state index in [-0.39, 0.29) is 11.3 Å². The zero-order chi connectivity index (χ0) is 12.6. The number of nitrogens with zero attached hydrogens (tertiary/aromatic N) is 3. The Bertz CT molecular complexity index is 508. The van der Waals surface area contributed by atoms with Crippen LogP contribution in [0.4, 0.5) is 0 Å². The maximum Gasteiger partial charge on any atom is 0.155 e. The summed E-state index contributed by atoms with van der Waals surface area (Å²) in [4.78, 5) is 4.25. The lowest BCUT2D eigenvalue weighted by molar-refractivity contribution is 0.471. The second-order valence-corrected chi connectivity index (χ2v) is 5.62. The van der Waals surface area contributed by atoms with Crippen molar-refractivity contribution in [2.75, 3.05) is 0 Å². The van der Waals surface area contributed by atoms with Crippen molar-refractivity contribution < 1.29 is 0 Å². The molecule has 17 heavy (non-hydrogen) atoms. The fourth-order valence-corrected chi connectivity index (χ4v) is 2.85. The van der Waals surface area contributed by atoms with E-state index >= 15 is 0 Å². The summed E-state index contributed by atoms with van der Waals surface area (Å²) in [6.45, 7) is 8.50. The molecule has 2 unspecified atom stereocenters. The van der Waals surface area contributed by atoms with Gasteiger partial charge in [-0.15, -0.1) is 11.6 Å². The number of fused-ring (bicyclic) bond motifs is 1. The number of hydrogen-bond acceptors (Lipinski definition) is 2. The lowest BCUT2D eigenvalue weighted by atomic mass is 9.89. The van der Waals surface area contributed by atoms with Gasteiger partial charge in [-0.1, -0.05) is 13.8 Å². The largest absolute Gasteiger partial charge is 0.218 e. The van der Waals surface area contributed by atoms with Gasteiger partial charge < -0.3 is 0 Å². The maximum absolute atomic E-state index is 6.33. The van der Waals surface area contributed by atoms with E-state index in [1.807, 2.05) is 17.5 Å². The average Bonchev–Trinajstić information content (AvgIpc) is 2.63. The molecule has 0 bridgehead atoms. The monoisotopic (exact) mass is 251 g/mol. The van der Waals surface area contributed by atoms with Gasteiger partial charge in [0, 0.05) is 17.0 Å². The van der Waals surface area contributed by atoms with E-state index in [4.69, 9.17) is 11.6 Å². The van der Waals surface area contributed by atoms with E-state index in [0.29, 0.717) is 5.92 Å². The molecule has 2 heterocycles. The van der Waals surface area contributed by atoms with Gasteiger partial charge in [0.25, 0.3) is 0 Å². The molecule has 0 aliphatic heterocycles. The quantitative estimate of drug-likeness (QED) is 0.783. The Morgan fingerprint density at radius 3 is 2.53 bits per heavy atom. The molecule has 0 spiro atoms. The van der Waals surface area contributed by atoms with Gasteiger partial charge in [0.05, 0.1) is 0 Å². The van der Waals surface area contributed by atoms with Gasteiger partial charge in [0.15, 0.2) is 5.65 Å². The molecule has 92 valence electrons. The van der Waals surface area contributed by atoms with Gasteiger partial charge >= 0.3 is 0 Å². The van der Waals surface area contributed by atoms with Crippen molar-refractivity contribution in [3.63, 3.8) is 0 Å². The highest BCUT2D eigenvalue weighted by Crippen LogP contribution is 2.31. The summed E-state index contributed by atoms with van der Waals surface area (Å²) >= 11 is 6.33. The van der Waals surface area contributed by atoms with E-state index < -0.39 is 0 Å². The number of alkyl halides is 1. The molecule has 0 aliphatic rings. The molecule has 0 aromatic carbocycles. The number of pyridine rings is 1. The molecule has 2 aromatic heterocycles. The molecular formula is C13H18ClN3. The number of rotatable bonds is 3. The fourth-order valence-electron chi connectivity index (χ4n) is 2.43. The Labute approximate surface area is 107 Å². The minimum absolute atomic E-state index is 0.0733. The predicted octanol–water partition coefficient (Wildman–Crippen LogP) is 3.40. The van der Waals surface area contributed by atoms with Gasteiger partial charge in [-0.2, -0.15) is 5.10 Å². The molecule has 0 radical (unpaired) electrons. The Morgan fingerprint density at radius 2 is 1.94 bits per heavy atom. The summed E-state index contributed by atoms with van der Waals surface area (Å²) in [7, 11) is 0. The molecule has 3 nitrogen and oxygen atoms in total. The van der Waals surface area contributed by atoms with Gasteiger partial charge in [0.2, 0.25) is 0 Å². The minimum atomic E-state index is 0.0733. The van der Waals surface area contributed by atoms with Crippen LogP contribution < -0.4 is 0 Å². The van der Waals surface area contributed by atoms with Crippen LogP contribution in [-0.2, 0) is 0 Å². The molecule has 0 amide bonds. The standard InChI is InChI=1S/C13H18ClN3/c1-8(2)13(10(4)14)11-5-9(3)6-12-15-7-16-17(11)12/h5-8,10,13H,1-4H3. The molecule has 0 aliphatic carbocycles. The summed E-state index contributed by atoms with van der Waals surface area (Å²) in [5.41, 5.74) is 3.24. The molecule has 0 N–H and O–H groups in total. The Morgan fingerprint density at radius 1 is 1.24 bits per heavy atom. The van der Waals surface area contributed by atoms with Crippen LogP contribution in [0.3, 0.4) is 0 Å². The Balaban J connectivity index is 2.63. The van der Waals surface area contributed by atoms with Crippen LogP contribution in [0.15, 0.2) is 18.5 Å². The molecule has 0 fully saturated rings. The van der Waals surface area contributed by atoms with Crippen molar-refractivity contribution in [1.82, 2.24) is 14.6 Å². The predicted molar refractivity (Wildman–Crippen MR) is 70.6 cm³/mol. The second kappa shape index (κ2) is 4.65. The van der Waals surface area contributed by atoms with Crippen molar-refractivity contribution in [2.45, 2.75) is 39.0 Å². The molecule has 2 atom stereocenters. The highest BCUT2D eigenvalue weighted by molar-refractivity contribution is 6.20.